The van der Waals surface area contributed by atoms with Gasteiger partial charge in [-0.05, 0) is 42.9 Å². The van der Waals surface area contributed by atoms with Crippen LogP contribution < -0.4 is 5.73 Å². The Hall–Kier alpha value is -3.58. The molecule has 2 aliphatic heterocycles. The molecule has 12 nitrogen and oxygen atoms in total. The summed E-state index contributed by atoms with van der Waals surface area (Å²) in [5.41, 5.74) is 10.8. The lowest BCUT2D eigenvalue weighted by molar-refractivity contribution is -0.191. The van der Waals surface area contributed by atoms with Crippen molar-refractivity contribution in [3.63, 3.8) is 0 Å². The van der Waals surface area contributed by atoms with E-state index in [0.717, 1.165) is 29.7 Å². The van der Waals surface area contributed by atoms with Crippen molar-refractivity contribution in [2.24, 2.45) is 0 Å². The smallest absolute Gasteiger partial charge is 0.167 e. The third kappa shape index (κ3) is 4.45. The molecule has 0 amide bonds. The number of hydrogen-bond acceptors (Lipinski definition) is 10. The Bertz CT molecular complexity index is 1650. The fraction of sp³-hybridized carbons (Fsp3) is 0.517. The van der Waals surface area contributed by atoms with Crippen LogP contribution in [0.2, 0.25) is 0 Å². The number of nitrogens with two attached hydrogens (primary N) is 1. The van der Waals surface area contributed by atoms with E-state index in [-0.39, 0.29) is 29.3 Å². The van der Waals surface area contributed by atoms with Crippen molar-refractivity contribution in [1.29, 1.82) is 0 Å². The minimum absolute atomic E-state index is 0.0605. The normalized spacial score (nSPS) is 28.8. The van der Waals surface area contributed by atoms with Crippen molar-refractivity contribution in [2.45, 2.75) is 89.2 Å². The predicted octanol–water partition coefficient (Wildman–Crippen LogP) is 2.92. The van der Waals surface area contributed by atoms with Gasteiger partial charge in [0.15, 0.2) is 17.7 Å². The summed E-state index contributed by atoms with van der Waals surface area (Å²) in [5.74, 6) is 1.34. The lowest BCUT2D eigenvalue weighted by atomic mass is 9.83. The molecule has 1 saturated carbocycles. The number of ether oxygens (including phenoxy) is 2. The van der Waals surface area contributed by atoms with Gasteiger partial charge in [0.2, 0.25) is 0 Å². The second-order valence-corrected chi connectivity index (χ2v) is 12.5. The third-order valence-corrected chi connectivity index (χ3v) is 8.71. The zero-order chi connectivity index (χ0) is 28.6. The number of aliphatic hydroxyl groups is 1. The molecular weight excluding hydrogens is 524 g/mol. The first-order valence-corrected chi connectivity index (χ1v) is 14.1. The molecule has 41 heavy (non-hydrogen) atoms. The largest absolute Gasteiger partial charge is 0.506 e. The van der Waals surface area contributed by atoms with Gasteiger partial charge in [0.05, 0.1) is 11.8 Å². The van der Waals surface area contributed by atoms with Crippen molar-refractivity contribution in [3.8, 4) is 5.75 Å². The van der Waals surface area contributed by atoms with Gasteiger partial charge in [0, 0.05) is 19.0 Å². The van der Waals surface area contributed by atoms with Crippen LogP contribution >= 0.6 is 0 Å². The van der Waals surface area contributed by atoms with Gasteiger partial charge in [-0.1, -0.05) is 32.4 Å². The van der Waals surface area contributed by atoms with Crippen LogP contribution in [0.3, 0.4) is 0 Å². The van der Waals surface area contributed by atoms with Gasteiger partial charge in [-0.25, -0.2) is 19.9 Å². The molecule has 1 aliphatic carbocycles. The van der Waals surface area contributed by atoms with Crippen LogP contribution in [-0.4, -0.2) is 81.7 Å². The molecule has 3 fully saturated rings. The number of rotatable bonds is 4. The van der Waals surface area contributed by atoms with Crippen molar-refractivity contribution >= 4 is 28.0 Å². The average Bonchev–Trinajstić information content (AvgIpc) is 3.59. The molecule has 1 aromatic carbocycles. The summed E-state index contributed by atoms with van der Waals surface area (Å²) in [6.07, 6.45) is 5.36. The standard InChI is InChI=1S/C29H36N8O4/c1-14-36(11-20-25(40-14)24(39)28(41-20)37-13-33-23-26(30)31-12-32-27(23)37)17-7-15(8-17)5-6-21-34-18-9-16(29(2,3)4)10-19(38)22(18)35-21/h5,9-10,12-14,17,20,24-25,28,38-39H,6-8,11H2,1-4H3,(H,34,35)(H2,30,31,32)/t14?,17?,20-,24-,25-,28-/m1/s1. The van der Waals surface area contributed by atoms with E-state index < -0.39 is 18.4 Å². The summed E-state index contributed by atoms with van der Waals surface area (Å²) in [6, 6.07) is 4.23. The number of fused-ring (bicyclic) bond motifs is 3. The second-order valence-electron chi connectivity index (χ2n) is 12.5. The van der Waals surface area contributed by atoms with E-state index in [1.165, 1.54) is 11.9 Å². The molecule has 3 aromatic heterocycles. The molecule has 5 N–H and O–H groups in total. The molecular formula is C29H36N8O4. The maximum absolute atomic E-state index is 11.1. The molecule has 1 unspecified atom stereocenters. The van der Waals surface area contributed by atoms with E-state index in [1.807, 2.05) is 13.0 Å². The number of imidazole rings is 2. The molecule has 0 bridgehead atoms. The van der Waals surface area contributed by atoms with E-state index in [0.29, 0.717) is 35.7 Å². The van der Waals surface area contributed by atoms with Gasteiger partial charge in [0.1, 0.15) is 53.5 Å². The molecule has 5 heterocycles. The van der Waals surface area contributed by atoms with Crippen molar-refractivity contribution < 1.29 is 19.7 Å². The van der Waals surface area contributed by atoms with Gasteiger partial charge in [-0.15, -0.1) is 0 Å². The number of H-pyrrole nitrogens is 1. The highest BCUT2D eigenvalue weighted by Crippen LogP contribution is 2.41. The van der Waals surface area contributed by atoms with Crippen molar-refractivity contribution in [2.75, 3.05) is 12.3 Å². The number of aromatic hydroxyl groups is 1. The Morgan fingerprint density at radius 2 is 1.95 bits per heavy atom. The van der Waals surface area contributed by atoms with Crippen LogP contribution in [0.4, 0.5) is 5.82 Å². The molecule has 5 atom stereocenters. The summed E-state index contributed by atoms with van der Waals surface area (Å²) in [7, 11) is 0. The number of nitrogens with one attached hydrogen (secondary N) is 1. The zero-order valence-corrected chi connectivity index (χ0v) is 23.7. The summed E-state index contributed by atoms with van der Waals surface area (Å²) >= 11 is 0. The fourth-order valence-electron chi connectivity index (χ4n) is 6.30. The van der Waals surface area contributed by atoms with Crippen LogP contribution in [-0.2, 0) is 21.3 Å². The molecule has 7 rings (SSSR count). The second kappa shape index (κ2) is 9.48. The van der Waals surface area contributed by atoms with Gasteiger partial charge in [0.25, 0.3) is 0 Å². The monoisotopic (exact) mass is 560 g/mol. The number of aromatic amines is 1. The number of aromatic nitrogens is 6. The van der Waals surface area contributed by atoms with Crippen LogP contribution in [0.15, 0.2) is 36.4 Å². The van der Waals surface area contributed by atoms with E-state index >= 15 is 0 Å². The highest BCUT2D eigenvalue weighted by molar-refractivity contribution is 5.83. The first-order valence-electron chi connectivity index (χ1n) is 14.1. The number of nitrogens with zero attached hydrogens (tertiary/aromatic N) is 6. The summed E-state index contributed by atoms with van der Waals surface area (Å²) < 4.78 is 14.3. The number of aliphatic hydroxyl groups excluding tert-OH is 1. The number of allylic oxidation sites excluding steroid dienone is 1. The Morgan fingerprint density at radius 1 is 1.15 bits per heavy atom. The first kappa shape index (κ1) is 26.3. The van der Waals surface area contributed by atoms with Crippen LogP contribution in [0.25, 0.3) is 22.2 Å². The van der Waals surface area contributed by atoms with E-state index in [4.69, 9.17) is 15.2 Å². The maximum Gasteiger partial charge on any atom is 0.167 e. The minimum atomic E-state index is -0.863. The predicted molar refractivity (Wildman–Crippen MR) is 152 cm³/mol. The highest BCUT2D eigenvalue weighted by Gasteiger charge is 2.52. The fourth-order valence-corrected chi connectivity index (χ4v) is 6.30. The topological polar surface area (TPSA) is 160 Å². The quantitative estimate of drug-likeness (QED) is 0.273. The van der Waals surface area contributed by atoms with E-state index in [1.54, 1.807) is 10.9 Å². The lowest BCUT2D eigenvalue weighted by Crippen LogP contribution is -2.58. The number of benzene rings is 1. The lowest BCUT2D eigenvalue weighted by Gasteiger charge is -2.47. The van der Waals surface area contributed by atoms with Gasteiger partial charge in [-0.3, -0.25) is 9.47 Å². The van der Waals surface area contributed by atoms with Crippen LogP contribution in [0.1, 0.15) is 58.2 Å². The zero-order valence-electron chi connectivity index (χ0n) is 23.7. The van der Waals surface area contributed by atoms with Gasteiger partial charge < -0.3 is 30.4 Å². The van der Waals surface area contributed by atoms with Crippen molar-refractivity contribution in [3.05, 3.63) is 47.8 Å². The molecule has 12 heteroatoms. The summed E-state index contributed by atoms with van der Waals surface area (Å²) in [5, 5.41) is 21.6. The molecule has 0 radical (unpaired) electrons. The average molecular weight is 561 g/mol. The maximum atomic E-state index is 11.1. The number of anilines is 1. The Balaban J connectivity index is 1.00. The molecule has 216 valence electrons. The Labute approximate surface area is 237 Å². The summed E-state index contributed by atoms with van der Waals surface area (Å²) in [4.78, 5) is 23.0. The third-order valence-electron chi connectivity index (χ3n) is 8.71. The first-order chi connectivity index (χ1) is 19.6. The number of phenolic OH excluding ortho intramolecular Hbond substituents is 1. The SMILES string of the molecule is CC1O[C@H]2[C@@H](O)[C@H](n3cnc4c(N)ncnc43)O[C@@H]2CN1C1CC(=CCc2nc3c(O)cc(C(C)(C)C)cc3[nH]2)C1. The number of nitrogen functional groups attached to an aromatic ring is 1. The van der Waals surface area contributed by atoms with Crippen LogP contribution in [0, 0.1) is 0 Å². The molecule has 2 saturated heterocycles. The van der Waals surface area contributed by atoms with Gasteiger partial charge in [-0.2, -0.15) is 0 Å². The Kier molecular flexibility index (Phi) is 6.09. The Morgan fingerprint density at radius 3 is 2.73 bits per heavy atom. The van der Waals surface area contributed by atoms with Crippen molar-refractivity contribution in [1.82, 2.24) is 34.4 Å². The van der Waals surface area contributed by atoms with Gasteiger partial charge >= 0.3 is 0 Å². The van der Waals surface area contributed by atoms with E-state index in [2.05, 4.69) is 62.7 Å². The van der Waals surface area contributed by atoms with E-state index in [9.17, 15) is 10.2 Å². The number of phenols is 1. The number of hydrogen-bond donors (Lipinski definition) is 4. The van der Waals surface area contributed by atoms with Crippen LogP contribution in [0.5, 0.6) is 5.75 Å². The molecule has 4 aromatic rings. The summed E-state index contributed by atoms with van der Waals surface area (Å²) in [6.45, 7) is 9.09. The molecule has 3 aliphatic rings. The highest BCUT2D eigenvalue weighted by atomic mass is 16.6. The minimum Gasteiger partial charge on any atom is -0.506 e. The molecule has 0 spiro atoms.